The number of hydrogen-bond acceptors (Lipinski definition) is 4. The van der Waals surface area contributed by atoms with Gasteiger partial charge in [0.05, 0.1) is 0 Å². The van der Waals surface area contributed by atoms with E-state index in [2.05, 4.69) is 206 Å². The zero-order valence-electron chi connectivity index (χ0n) is 32.0. The van der Waals surface area contributed by atoms with Crippen molar-refractivity contribution in [2.75, 3.05) is 9.80 Å². The van der Waals surface area contributed by atoms with Gasteiger partial charge in [-0.15, -0.1) is 0 Å². The molecule has 4 nitrogen and oxygen atoms in total. The Morgan fingerprint density at radius 3 is 1.35 bits per heavy atom. The Morgan fingerprint density at radius 2 is 0.807 bits per heavy atom. The van der Waals surface area contributed by atoms with Crippen LogP contribution in [0.3, 0.4) is 0 Å². The van der Waals surface area contributed by atoms with E-state index >= 15 is 0 Å². The molecule has 4 heteroatoms. The van der Waals surface area contributed by atoms with Gasteiger partial charge in [-0.1, -0.05) is 84.9 Å². The second-order valence-electron chi connectivity index (χ2n) is 15.2. The third kappa shape index (κ3) is 5.37. The number of para-hydroxylation sites is 4. The molecule has 0 saturated carbocycles. The summed E-state index contributed by atoms with van der Waals surface area (Å²) in [6, 6.07) is 62.8. The molecule has 0 aliphatic rings. The molecule has 57 heavy (non-hydrogen) atoms. The summed E-state index contributed by atoms with van der Waals surface area (Å²) in [6.45, 7) is 6.51. The Morgan fingerprint density at radius 1 is 0.333 bits per heavy atom. The van der Waals surface area contributed by atoms with Crippen molar-refractivity contribution in [2.24, 2.45) is 0 Å². The number of benzene rings is 9. The second-order valence-corrected chi connectivity index (χ2v) is 15.2. The third-order valence-electron chi connectivity index (χ3n) is 11.5. The van der Waals surface area contributed by atoms with E-state index in [1.54, 1.807) is 0 Å². The average Bonchev–Trinajstić information content (AvgIpc) is 3.79. The minimum atomic E-state index is 0.780. The second kappa shape index (κ2) is 12.9. The van der Waals surface area contributed by atoms with Gasteiger partial charge in [-0.2, -0.15) is 0 Å². The summed E-state index contributed by atoms with van der Waals surface area (Å²) in [5.74, 6) is 0. The van der Waals surface area contributed by atoms with E-state index < -0.39 is 0 Å². The maximum absolute atomic E-state index is 6.82. The predicted octanol–water partition coefficient (Wildman–Crippen LogP) is 15.7. The van der Waals surface area contributed by atoms with Gasteiger partial charge in [-0.3, -0.25) is 0 Å². The van der Waals surface area contributed by atoms with Crippen LogP contribution in [-0.4, -0.2) is 0 Å². The van der Waals surface area contributed by atoms with Crippen molar-refractivity contribution in [1.82, 2.24) is 0 Å². The summed E-state index contributed by atoms with van der Waals surface area (Å²) >= 11 is 0. The molecule has 0 aliphatic heterocycles. The van der Waals surface area contributed by atoms with E-state index in [0.29, 0.717) is 0 Å². The van der Waals surface area contributed by atoms with Gasteiger partial charge in [0.15, 0.2) is 11.2 Å². The normalized spacial score (nSPS) is 11.8. The molecule has 0 bridgehead atoms. The number of hydrogen-bond donors (Lipinski definition) is 0. The summed E-state index contributed by atoms with van der Waals surface area (Å²) in [5, 5.41) is 8.89. The molecule has 2 aromatic heterocycles. The monoisotopic (exact) mass is 734 g/mol. The summed E-state index contributed by atoms with van der Waals surface area (Å²) < 4.78 is 13.6. The number of furan rings is 2. The molecule has 0 aliphatic carbocycles. The molecule has 0 atom stereocenters. The van der Waals surface area contributed by atoms with Crippen LogP contribution in [0.2, 0.25) is 0 Å². The van der Waals surface area contributed by atoms with Crippen LogP contribution in [0.4, 0.5) is 34.1 Å². The summed E-state index contributed by atoms with van der Waals surface area (Å²) in [6.07, 6.45) is 0. The molecule has 11 rings (SSSR count). The van der Waals surface area contributed by atoms with Crippen LogP contribution in [0.5, 0.6) is 0 Å². The Bertz CT molecular complexity index is 3340. The highest BCUT2D eigenvalue weighted by Crippen LogP contribution is 2.45. The van der Waals surface area contributed by atoms with Crippen molar-refractivity contribution in [2.45, 2.75) is 20.8 Å². The van der Waals surface area contributed by atoms with Gasteiger partial charge in [0.1, 0.15) is 11.2 Å². The van der Waals surface area contributed by atoms with Gasteiger partial charge in [0.25, 0.3) is 0 Å². The van der Waals surface area contributed by atoms with Gasteiger partial charge < -0.3 is 18.6 Å². The van der Waals surface area contributed by atoms with Crippen molar-refractivity contribution in [1.29, 1.82) is 0 Å². The van der Waals surface area contributed by atoms with Gasteiger partial charge in [-0.05, 0) is 150 Å². The van der Waals surface area contributed by atoms with E-state index in [1.807, 2.05) is 0 Å². The fourth-order valence-electron chi connectivity index (χ4n) is 8.74. The van der Waals surface area contributed by atoms with Crippen molar-refractivity contribution in [3.05, 3.63) is 193 Å². The molecular weight excluding hydrogens is 697 g/mol. The van der Waals surface area contributed by atoms with Gasteiger partial charge in [-0.25, -0.2) is 0 Å². The smallest absolute Gasteiger partial charge is 0.178 e. The minimum Gasteiger partial charge on any atom is -0.452 e. The molecule has 0 saturated heterocycles. The zero-order valence-corrected chi connectivity index (χ0v) is 32.0. The molecule has 11 aromatic rings. The summed E-state index contributed by atoms with van der Waals surface area (Å²) in [4.78, 5) is 4.66. The fraction of sp³-hybridized carbons (Fsp3) is 0.0566. The van der Waals surface area contributed by atoms with E-state index in [9.17, 15) is 0 Å². The van der Waals surface area contributed by atoms with Gasteiger partial charge in [0, 0.05) is 55.7 Å². The standard InChI is InChI=1S/C53H38N2O2/c1-33-14-10-12-20-47(33)54(40-16-6-4-7-17-40)42-24-22-36-29-44-45-26-35(3)51-46-30-37-23-25-43(55(41-18-8-5-9-19-41)48-21-13-11-15-34(48)2)28-39(37)32-50(46)57-53(51)52(45)56-49(44)31-38(36)27-42/h4-32H,1-3H3. The Balaban J connectivity index is 1.06. The Hall–Kier alpha value is -7.30. The number of rotatable bonds is 6. The quantitative estimate of drug-likeness (QED) is 0.170. The van der Waals surface area contributed by atoms with Crippen molar-refractivity contribution in [3.8, 4) is 0 Å². The molecular formula is C53H38N2O2. The van der Waals surface area contributed by atoms with E-state index in [4.69, 9.17) is 8.83 Å². The van der Waals surface area contributed by atoms with Crippen LogP contribution in [0.1, 0.15) is 16.7 Å². The zero-order chi connectivity index (χ0) is 38.2. The first-order chi connectivity index (χ1) is 28.0. The van der Waals surface area contributed by atoms with E-state index in [1.165, 1.54) is 11.1 Å². The first-order valence-electron chi connectivity index (χ1n) is 19.5. The maximum Gasteiger partial charge on any atom is 0.178 e. The van der Waals surface area contributed by atoms with Crippen LogP contribution >= 0.6 is 0 Å². The molecule has 0 amide bonds. The Labute approximate surface area is 330 Å². The number of anilines is 6. The topological polar surface area (TPSA) is 32.8 Å². The molecule has 0 radical (unpaired) electrons. The van der Waals surface area contributed by atoms with Gasteiger partial charge in [0.2, 0.25) is 0 Å². The lowest BCUT2D eigenvalue weighted by molar-refractivity contribution is 0.633. The molecule has 9 aromatic carbocycles. The lowest BCUT2D eigenvalue weighted by Crippen LogP contribution is -2.11. The highest BCUT2D eigenvalue weighted by atomic mass is 16.4. The van der Waals surface area contributed by atoms with Crippen molar-refractivity contribution >= 4 is 99.5 Å². The van der Waals surface area contributed by atoms with Crippen molar-refractivity contribution < 1.29 is 8.83 Å². The van der Waals surface area contributed by atoms with Crippen LogP contribution < -0.4 is 9.80 Å². The molecule has 272 valence electrons. The lowest BCUT2D eigenvalue weighted by Gasteiger charge is -2.27. The van der Waals surface area contributed by atoms with Crippen molar-refractivity contribution in [3.63, 3.8) is 0 Å². The fourth-order valence-corrected chi connectivity index (χ4v) is 8.74. The molecule has 0 N–H and O–H groups in total. The largest absolute Gasteiger partial charge is 0.452 e. The van der Waals surface area contributed by atoms with E-state index in [-0.39, 0.29) is 0 Å². The predicted molar refractivity (Wildman–Crippen MR) is 240 cm³/mol. The van der Waals surface area contributed by atoms with Crippen LogP contribution in [0.25, 0.3) is 65.4 Å². The highest BCUT2D eigenvalue weighted by molar-refractivity contribution is 6.22. The number of fused-ring (bicyclic) bond motifs is 9. The molecule has 0 spiro atoms. The first-order valence-corrected chi connectivity index (χ1v) is 19.5. The van der Waals surface area contributed by atoms with Crippen LogP contribution in [0.15, 0.2) is 185 Å². The third-order valence-corrected chi connectivity index (χ3v) is 11.5. The number of nitrogens with zero attached hydrogens (tertiary/aromatic N) is 2. The number of aryl methyl sites for hydroxylation is 3. The molecule has 0 unspecified atom stereocenters. The maximum atomic E-state index is 6.82. The molecule has 2 heterocycles. The van der Waals surface area contributed by atoms with Crippen LogP contribution in [-0.2, 0) is 0 Å². The summed E-state index contributed by atoms with van der Waals surface area (Å²) in [5.41, 5.74) is 13.6. The van der Waals surface area contributed by atoms with Crippen LogP contribution in [0, 0.1) is 20.8 Å². The molecule has 0 fully saturated rings. The first kappa shape index (κ1) is 33.1. The van der Waals surface area contributed by atoms with Gasteiger partial charge >= 0.3 is 0 Å². The highest BCUT2D eigenvalue weighted by Gasteiger charge is 2.21. The average molecular weight is 735 g/mol. The van der Waals surface area contributed by atoms with E-state index in [0.717, 1.165) is 105 Å². The SMILES string of the molecule is Cc1ccccc1N(c1ccccc1)c1ccc2cc3c(cc2c1)oc1c3cc(C)c2c3cc4ccc(N(c5ccccc5)c5ccccc5C)cc4cc3oc12. The Kier molecular flexibility index (Phi) is 7.48. The minimum absolute atomic E-state index is 0.780. The summed E-state index contributed by atoms with van der Waals surface area (Å²) in [7, 11) is 0. The lowest BCUT2D eigenvalue weighted by atomic mass is 10.00.